The highest BCUT2D eigenvalue weighted by Crippen LogP contribution is 2.38. The van der Waals surface area contributed by atoms with E-state index < -0.39 is 11.9 Å². The summed E-state index contributed by atoms with van der Waals surface area (Å²) >= 11 is 0. The maximum absolute atomic E-state index is 12.9. The Bertz CT molecular complexity index is 439. The summed E-state index contributed by atoms with van der Waals surface area (Å²) in [5.74, 6) is -1.17. The molecule has 21 heavy (non-hydrogen) atoms. The van der Waals surface area contributed by atoms with Gasteiger partial charge >= 0.3 is 5.97 Å². The molecule has 118 valence electrons. The predicted molar refractivity (Wildman–Crippen MR) is 78.8 cm³/mol. The molecule has 5 nitrogen and oxygen atoms in total. The van der Waals surface area contributed by atoms with Crippen molar-refractivity contribution >= 4 is 11.9 Å². The Morgan fingerprint density at radius 1 is 1.10 bits per heavy atom. The number of hydrogen-bond acceptors (Lipinski definition) is 3. The SMILES string of the molecule is CC1CC(C(=O)O)C(C(=O)N2CC3CCCN3CC2C)C1. The molecule has 0 spiro atoms. The molecular formula is C16H26N2O3. The maximum atomic E-state index is 12.9. The Balaban J connectivity index is 1.73. The molecule has 1 saturated carbocycles. The summed E-state index contributed by atoms with van der Waals surface area (Å²) in [7, 11) is 0. The van der Waals surface area contributed by atoms with Crippen LogP contribution in [0.5, 0.6) is 0 Å². The number of nitrogens with zero attached hydrogens (tertiary/aromatic N) is 2. The lowest BCUT2D eigenvalue weighted by Crippen LogP contribution is -2.58. The number of fused-ring (bicyclic) bond motifs is 1. The summed E-state index contributed by atoms with van der Waals surface area (Å²) in [6.45, 7) is 7.03. The van der Waals surface area contributed by atoms with Crippen LogP contribution in [0.4, 0.5) is 0 Å². The smallest absolute Gasteiger partial charge is 0.307 e. The van der Waals surface area contributed by atoms with E-state index in [9.17, 15) is 14.7 Å². The van der Waals surface area contributed by atoms with Crippen LogP contribution in [0.2, 0.25) is 0 Å². The van der Waals surface area contributed by atoms with E-state index in [0.29, 0.717) is 18.4 Å². The molecule has 5 unspecified atom stereocenters. The number of carbonyl (C=O) groups excluding carboxylic acids is 1. The van der Waals surface area contributed by atoms with Gasteiger partial charge in [-0.2, -0.15) is 0 Å². The molecule has 0 bridgehead atoms. The second kappa shape index (κ2) is 5.59. The van der Waals surface area contributed by atoms with E-state index in [1.54, 1.807) is 0 Å². The molecule has 0 aromatic heterocycles. The van der Waals surface area contributed by atoms with Crippen molar-refractivity contribution in [1.29, 1.82) is 0 Å². The van der Waals surface area contributed by atoms with Crippen molar-refractivity contribution in [3.8, 4) is 0 Å². The molecule has 5 atom stereocenters. The highest BCUT2D eigenvalue weighted by atomic mass is 16.4. The molecule has 3 fully saturated rings. The monoisotopic (exact) mass is 294 g/mol. The van der Waals surface area contributed by atoms with Crippen molar-refractivity contribution in [3.63, 3.8) is 0 Å². The molecule has 0 aromatic rings. The summed E-state index contributed by atoms with van der Waals surface area (Å²) in [6, 6.07) is 0.699. The lowest BCUT2D eigenvalue weighted by Gasteiger charge is -2.43. The van der Waals surface area contributed by atoms with E-state index in [1.165, 1.54) is 12.8 Å². The van der Waals surface area contributed by atoms with Crippen molar-refractivity contribution in [2.24, 2.45) is 17.8 Å². The minimum Gasteiger partial charge on any atom is -0.481 e. The van der Waals surface area contributed by atoms with Crippen LogP contribution in [0, 0.1) is 17.8 Å². The number of rotatable bonds is 2. The molecule has 2 aliphatic heterocycles. The molecule has 1 N–H and O–H groups in total. The Morgan fingerprint density at radius 2 is 1.81 bits per heavy atom. The van der Waals surface area contributed by atoms with Crippen LogP contribution in [0.15, 0.2) is 0 Å². The number of carbonyl (C=O) groups is 2. The molecule has 1 aliphatic carbocycles. The van der Waals surface area contributed by atoms with Gasteiger partial charge in [-0.25, -0.2) is 0 Å². The summed E-state index contributed by atoms with van der Waals surface area (Å²) in [6.07, 6.45) is 3.76. The third kappa shape index (κ3) is 2.68. The van der Waals surface area contributed by atoms with E-state index in [4.69, 9.17) is 0 Å². The molecular weight excluding hydrogens is 268 g/mol. The fraction of sp³-hybridized carbons (Fsp3) is 0.875. The molecule has 2 saturated heterocycles. The fourth-order valence-electron chi connectivity index (χ4n) is 4.54. The van der Waals surface area contributed by atoms with E-state index in [-0.39, 0.29) is 17.9 Å². The van der Waals surface area contributed by atoms with Crippen molar-refractivity contribution in [2.45, 2.75) is 51.6 Å². The Morgan fingerprint density at radius 3 is 2.52 bits per heavy atom. The predicted octanol–water partition coefficient (Wildman–Crippen LogP) is 1.43. The van der Waals surface area contributed by atoms with Gasteiger partial charge in [0.15, 0.2) is 0 Å². The Labute approximate surface area is 126 Å². The van der Waals surface area contributed by atoms with Crippen LogP contribution in [-0.2, 0) is 9.59 Å². The number of aliphatic carboxylic acids is 1. The fourth-order valence-corrected chi connectivity index (χ4v) is 4.54. The summed E-state index contributed by atoms with van der Waals surface area (Å²) < 4.78 is 0. The quantitative estimate of drug-likeness (QED) is 0.837. The van der Waals surface area contributed by atoms with Gasteiger partial charge in [-0.05, 0) is 45.1 Å². The third-order valence-electron chi connectivity index (χ3n) is 5.65. The van der Waals surface area contributed by atoms with Crippen LogP contribution in [0.3, 0.4) is 0 Å². The van der Waals surface area contributed by atoms with E-state index in [2.05, 4.69) is 18.7 Å². The Kier molecular flexibility index (Phi) is 3.95. The molecule has 1 amide bonds. The number of amides is 1. The molecule has 2 heterocycles. The molecule has 3 rings (SSSR count). The van der Waals surface area contributed by atoms with Gasteiger partial charge in [-0.3, -0.25) is 14.5 Å². The summed E-state index contributed by atoms with van der Waals surface area (Å²) in [5.41, 5.74) is 0. The maximum Gasteiger partial charge on any atom is 0.307 e. The van der Waals surface area contributed by atoms with Gasteiger partial charge < -0.3 is 10.0 Å². The van der Waals surface area contributed by atoms with E-state index in [1.807, 2.05) is 4.90 Å². The third-order valence-corrected chi connectivity index (χ3v) is 5.65. The Hall–Kier alpha value is -1.10. The largest absolute Gasteiger partial charge is 0.481 e. The van der Waals surface area contributed by atoms with Gasteiger partial charge in [0.2, 0.25) is 5.91 Å². The van der Waals surface area contributed by atoms with E-state index in [0.717, 1.165) is 26.1 Å². The first-order valence-corrected chi connectivity index (χ1v) is 8.24. The van der Waals surface area contributed by atoms with Gasteiger partial charge in [0, 0.05) is 25.2 Å². The first kappa shape index (κ1) is 14.8. The van der Waals surface area contributed by atoms with Gasteiger partial charge in [-0.15, -0.1) is 0 Å². The first-order chi connectivity index (χ1) is 9.97. The highest BCUT2D eigenvalue weighted by Gasteiger charge is 2.45. The number of carboxylic acids is 1. The van der Waals surface area contributed by atoms with Crippen molar-refractivity contribution in [1.82, 2.24) is 9.80 Å². The van der Waals surface area contributed by atoms with Gasteiger partial charge in [0.05, 0.1) is 11.8 Å². The lowest BCUT2D eigenvalue weighted by atomic mass is 9.93. The average Bonchev–Trinajstić information content (AvgIpc) is 3.02. The van der Waals surface area contributed by atoms with Crippen LogP contribution in [0.1, 0.15) is 39.5 Å². The summed E-state index contributed by atoms with van der Waals surface area (Å²) in [4.78, 5) is 28.8. The molecule has 5 heteroatoms. The molecule has 0 aromatic carbocycles. The highest BCUT2D eigenvalue weighted by molar-refractivity contribution is 5.85. The zero-order chi connectivity index (χ0) is 15.1. The summed E-state index contributed by atoms with van der Waals surface area (Å²) in [5, 5.41) is 9.39. The second-order valence-electron chi connectivity index (χ2n) is 7.26. The van der Waals surface area contributed by atoms with Crippen molar-refractivity contribution in [3.05, 3.63) is 0 Å². The van der Waals surface area contributed by atoms with Crippen LogP contribution >= 0.6 is 0 Å². The lowest BCUT2D eigenvalue weighted by molar-refractivity contribution is -0.151. The van der Waals surface area contributed by atoms with Crippen LogP contribution < -0.4 is 0 Å². The van der Waals surface area contributed by atoms with Gasteiger partial charge in [-0.1, -0.05) is 6.92 Å². The topological polar surface area (TPSA) is 60.9 Å². The second-order valence-corrected chi connectivity index (χ2v) is 7.26. The molecule has 0 radical (unpaired) electrons. The van der Waals surface area contributed by atoms with Gasteiger partial charge in [0.25, 0.3) is 0 Å². The normalized spacial score (nSPS) is 40.3. The number of carboxylic acid groups (broad SMARTS) is 1. The van der Waals surface area contributed by atoms with Crippen LogP contribution in [-0.4, -0.2) is 58.5 Å². The number of hydrogen-bond donors (Lipinski definition) is 1. The minimum absolute atomic E-state index is 0.0887. The van der Waals surface area contributed by atoms with Crippen molar-refractivity contribution in [2.75, 3.05) is 19.6 Å². The average molecular weight is 294 g/mol. The zero-order valence-corrected chi connectivity index (χ0v) is 13.0. The molecule has 3 aliphatic rings. The zero-order valence-electron chi connectivity index (χ0n) is 13.0. The van der Waals surface area contributed by atoms with E-state index >= 15 is 0 Å². The number of piperazine rings is 1. The first-order valence-electron chi connectivity index (χ1n) is 8.24. The van der Waals surface area contributed by atoms with Crippen molar-refractivity contribution < 1.29 is 14.7 Å². The minimum atomic E-state index is -0.801. The standard InChI is InChI=1S/C16H26N2O3/c1-10-6-13(14(7-10)16(20)21)15(19)18-9-12-4-3-5-17(12)8-11(18)2/h10-14H,3-9H2,1-2H3,(H,20,21). The van der Waals surface area contributed by atoms with Crippen LogP contribution in [0.25, 0.3) is 0 Å². The van der Waals surface area contributed by atoms with Gasteiger partial charge in [0.1, 0.15) is 0 Å².